The van der Waals surface area contributed by atoms with Crippen molar-refractivity contribution in [2.45, 2.75) is 6.04 Å². The van der Waals surface area contributed by atoms with E-state index >= 15 is 0 Å². The van der Waals surface area contributed by atoms with Crippen LogP contribution in [0.5, 0.6) is 0 Å². The lowest BCUT2D eigenvalue weighted by Crippen LogP contribution is -2.21. The molecule has 0 amide bonds. The van der Waals surface area contributed by atoms with Gasteiger partial charge in [0.05, 0.1) is 11.6 Å². The van der Waals surface area contributed by atoms with Crippen LogP contribution in [-0.4, -0.2) is 18.6 Å². The minimum absolute atomic E-state index is 0.275. The number of carbonyl (C=O) groups is 1. The Hall–Kier alpha value is -0.830. The highest BCUT2D eigenvalue weighted by Crippen LogP contribution is 2.08. The Morgan fingerprint density at radius 3 is 2.62 bits per heavy atom. The van der Waals surface area contributed by atoms with E-state index in [1.165, 1.54) is 0 Å². The molecule has 1 atom stereocenters. The number of esters is 1. The van der Waals surface area contributed by atoms with Crippen LogP contribution >= 0.6 is 0 Å². The van der Waals surface area contributed by atoms with Crippen LogP contribution in [0, 0.1) is 0 Å². The van der Waals surface area contributed by atoms with Gasteiger partial charge in [0.15, 0.2) is 0 Å². The van der Waals surface area contributed by atoms with Gasteiger partial charge in [0.1, 0.15) is 6.61 Å². The number of hydrogen-bond donors (Lipinski definition) is 1. The second kappa shape index (κ2) is 1.59. The van der Waals surface area contributed by atoms with Crippen molar-refractivity contribution in [3.05, 3.63) is 12.2 Å². The number of nitrogens with two attached hydrogens (primary N) is 1. The molecule has 1 aliphatic heterocycles. The summed E-state index contributed by atoms with van der Waals surface area (Å²) in [4.78, 5) is 10.4. The maximum Gasteiger partial charge on any atom is 0.335 e. The van der Waals surface area contributed by atoms with Crippen molar-refractivity contribution in [2.75, 3.05) is 6.61 Å². The lowest BCUT2D eigenvalue weighted by atomic mass is 10.2. The van der Waals surface area contributed by atoms with Gasteiger partial charge in [-0.05, 0) is 0 Å². The molecule has 1 fully saturated rings. The van der Waals surface area contributed by atoms with Crippen molar-refractivity contribution in [3.63, 3.8) is 0 Å². The van der Waals surface area contributed by atoms with E-state index in [2.05, 4.69) is 11.3 Å². The molecule has 0 bridgehead atoms. The SMILES string of the molecule is C=C1C(=O)OC[C@@H]1N. The van der Waals surface area contributed by atoms with Gasteiger partial charge in [-0.1, -0.05) is 6.58 Å². The molecule has 3 heteroatoms. The van der Waals surface area contributed by atoms with E-state index in [9.17, 15) is 4.79 Å². The molecular formula is C5H7NO2. The van der Waals surface area contributed by atoms with Crippen molar-refractivity contribution >= 4 is 5.97 Å². The topological polar surface area (TPSA) is 52.3 Å². The number of ether oxygens (including phenoxy) is 1. The summed E-state index contributed by atoms with van der Waals surface area (Å²) in [5.74, 6) is -0.363. The molecular weight excluding hydrogens is 106 g/mol. The van der Waals surface area contributed by atoms with E-state index in [1.54, 1.807) is 0 Å². The van der Waals surface area contributed by atoms with Crippen LogP contribution in [-0.2, 0) is 9.53 Å². The van der Waals surface area contributed by atoms with Gasteiger partial charge in [-0.25, -0.2) is 4.79 Å². The molecule has 0 spiro atoms. The van der Waals surface area contributed by atoms with Crippen LogP contribution in [0.25, 0.3) is 0 Å². The Morgan fingerprint density at radius 2 is 2.50 bits per heavy atom. The second-order valence-electron chi connectivity index (χ2n) is 1.73. The van der Waals surface area contributed by atoms with E-state index in [0.717, 1.165) is 0 Å². The Kier molecular flexibility index (Phi) is 1.06. The van der Waals surface area contributed by atoms with Crippen LogP contribution in [0.3, 0.4) is 0 Å². The first-order chi connectivity index (χ1) is 3.72. The predicted molar refractivity (Wildman–Crippen MR) is 28.1 cm³/mol. The van der Waals surface area contributed by atoms with Gasteiger partial charge >= 0.3 is 5.97 Å². The molecule has 0 aromatic heterocycles. The molecule has 0 aromatic carbocycles. The molecule has 0 saturated carbocycles. The van der Waals surface area contributed by atoms with Crippen LogP contribution in [0.1, 0.15) is 0 Å². The highest BCUT2D eigenvalue weighted by Gasteiger charge is 2.24. The molecule has 0 aliphatic carbocycles. The van der Waals surface area contributed by atoms with E-state index in [-0.39, 0.29) is 18.6 Å². The molecule has 8 heavy (non-hydrogen) atoms. The third kappa shape index (κ3) is 0.607. The average molecular weight is 113 g/mol. The Bertz CT molecular complexity index is 141. The van der Waals surface area contributed by atoms with Crippen LogP contribution in [0.15, 0.2) is 12.2 Å². The Labute approximate surface area is 47.1 Å². The third-order valence-corrected chi connectivity index (χ3v) is 1.10. The first kappa shape index (κ1) is 5.31. The van der Waals surface area contributed by atoms with Crippen molar-refractivity contribution in [1.82, 2.24) is 0 Å². The number of rotatable bonds is 0. The molecule has 1 heterocycles. The summed E-state index contributed by atoms with van der Waals surface area (Å²) in [5.41, 5.74) is 5.70. The molecule has 1 rings (SSSR count). The predicted octanol–water partition coefficient (Wildman–Crippen LogP) is -0.573. The summed E-state index contributed by atoms with van der Waals surface area (Å²) in [6.07, 6.45) is 0. The quantitative estimate of drug-likeness (QED) is 0.338. The van der Waals surface area contributed by atoms with E-state index < -0.39 is 0 Å². The second-order valence-corrected chi connectivity index (χ2v) is 1.73. The summed E-state index contributed by atoms with van der Waals surface area (Å²) in [6, 6.07) is -0.275. The number of cyclic esters (lactones) is 1. The minimum Gasteiger partial charge on any atom is -0.460 e. The van der Waals surface area contributed by atoms with Crippen molar-refractivity contribution in [2.24, 2.45) is 5.73 Å². The van der Waals surface area contributed by atoms with Gasteiger partial charge in [-0.2, -0.15) is 0 Å². The highest BCUT2D eigenvalue weighted by molar-refractivity contribution is 5.91. The van der Waals surface area contributed by atoms with Crippen LogP contribution in [0.4, 0.5) is 0 Å². The summed E-state index contributed by atoms with van der Waals surface area (Å²) in [7, 11) is 0. The third-order valence-electron chi connectivity index (χ3n) is 1.10. The van der Waals surface area contributed by atoms with Gasteiger partial charge in [0.2, 0.25) is 0 Å². The first-order valence-corrected chi connectivity index (χ1v) is 2.33. The smallest absolute Gasteiger partial charge is 0.335 e. The van der Waals surface area contributed by atoms with Crippen LogP contribution in [0.2, 0.25) is 0 Å². The Balaban J connectivity index is 2.71. The summed E-state index contributed by atoms with van der Waals surface area (Å²) in [5, 5.41) is 0. The first-order valence-electron chi connectivity index (χ1n) is 2.33. The summed E-state index contributed by atoms with van der Waals surface area (Å²) < 4.78 is 4.51. The van der Waals surface area contributed by atoms with E-state index in [4.69, 9.17) is 5.73 Å². The zero-order valence-electron chi connectivity index (χ0n) is 4.39. The number of carbonyl (C=O) groups excluding carboxylic acids is 1. The van der Waals surface area contributed by atoms with Crippen LogP contribution < -0.4 is 5.73 Å². The summed E-state index contributed by atoms with van der Waals surface area (Å²) >= 11 is 0. The molecule has 3 nitrogen and oxygen atoms in total. The monoisotopic (exact) mass is 113 g/mol. The van der Waals surface area contributed by atoms with Crippen molar-refractivity contribution in [3.8, 4) is 0 Å². The van der Waals surface area contributed by atoms with Gasteiger partial charge in [-0.15, -0.1) is 0 Å². The zero-order valence-corrected chi connectivity index (χ0v) is 4.39. The average Bonchev–Trinajstić information content (AvgIpc) is 1.98. The fraction of sp³-hybridized carbons (Fsp3) is 0.400. The lowest BCUT2D eigenvalue weighted by molar-refractivity contribution is -0.135. The molecule has 0 radical (unpaired) electrons. The van der Waals surface area contributed by atoms with E-state index in [0.29, 0.717) is 5.57 Å². The Morgan fingerprint density at radius 1 is 1.88 bits per heavy atom. The van der Waals surface area contributed by atoms with Gasteiger partial charge in [0, 0.05) is 0 Å². The highest BCUT2D eigenvalue weighted by atomic mass is 16.5. The van der Waals surface area contributed by atoms with E-state index in [1.807, 2.05) is 0 Å². The lowest BCUT2D eigenvalue weighted by Gasteiger charge is -1.91. The fourth-order valence-corrected chi connectivity index (χ4v) is 0.510. The molecule has 2 N–H and O–H groups in total. The largest absolute Gasteiger partial charge is 0.460 e. The zero-order chi connectivity index (χ0) is 6.15. The standard InChI is InChI=1S/C5H7NO2/c1-3-4(6)2-8-5(3)7/h4H,1-2,6H2/t4-/m0/s1. The van der Waals surface area contributed by atoms with Crippen molar-refractivity contribution < 1.29 is 9.53 Å². The molecule has 44 valence electrons. The fourth-order valence-electron chi connectivity index (χ4n) is 0.510. The normalized spacial score (nSPS) is 28.4. The summed E-state index contributed by atoms with van der Waals surface area (Å²) in [6.45, 7) is 3.71. The molecule has 1 saturated heterocycles. The maximum absolute atomic E-state index is 10.4. The molecule has 1 aliphatic rings. The number of hydrogen-bond acceptors (Lipinski definition) is 3. The molecule has 0 unspecified atom stereocenters. The van der Waals surface area contributed by atoms with Gasteiger partial charge in [0.25, 0.3) is 0 Å². The van der Waals surface area contributed by atoms with Gasteiger partial charge < -0.3 is 10.5 Å². The van der Waals surface area contributed by atoms with Gasteiger partial charge in [-0.3, -0.25) is 0 Å². The minimum atomic E-state index is -0.363. The molecule has 0 aromatic rings. The van der Waals surface area contributed by atoms with Crippen molar-refractivity contribution in [1.29, 1.82) is 0 Å². The maximum atomic E-state index is 10.4.